The van der Waals surface area contributed by atoms with Crippen LogP contribution >= 0.6 is 0 Å². The molecule has 0 aromatic heterocycles. The third kappa shape index (κ3) is 4.80. The van der Waals surface area contributed by atoms with Crippen LogP contribution in [0.25, 0.3) is 0 Å². The van der Waals surface area contributed by atoms with Crippen molar-refractivity contribution in [1.29, 1.82) is 0 Å². The van der Waals surface area contributed by atoms with Gasteiger partial charge in [-0.25, -0.2) is 0 Å². The Labute approximate surface area is 198 Å². The number of allylic oxidation sites excluding steroid dienone is 2. The van der Waals surface area contributed by atoms with E-state index < -0.39 is 0 Å². The molecule has 0 fully saturated rings. The van der Waals surface area contributed by atoms with Crippen molar-refractivity contribution in [2.45, 2.75) is 80.1 Å². The maximum absolute atomic E-state index is 4.16. The van der Waals surface area contributed by atoms with E-state index in [0.717, 1.165) is 0 Å². The molecular formula is C30H46N2. The zero-order chi connectivity index (χ0) is 25.0. The molecule has 0 atom stereocenters. The van der Waals surface area contributed by atoms with Crippen molar-refractivity contribution in [3.05, 3.63) is 83.2 Å². The standard InChI is InChI=1S/2C13H17N.2C2H6/c2*1-9-6-7-12-11(8-9)13(3,4)10(2)14(12)5;2*1-2/h2*6-8H,2H2,1,3-5H3;2*1-2H3. The predicted molar refractivity (Wildman–Crippen MR) is 146 cm³/mol. The highest BCUT2D eigenvalue weighted by atomic mass is 15.2. The molecule has 2 aliphatic rings. The number of benzene rings is 2. The molecule has 0 N–H and O–H groups in total. The Morgan fingerprint density at radius 3 is 1.16 bits per heavy atom. The smallest absolute Gasteiger partial charge is 0.0447 e. The fourth-order valence-electron chi connectivity index (χ4n) is 4.33. The molecule has 0 saturated carbocycles. The zero-order valence-corrected chi connectivity index (χ0v) is 22.8. The molecule has 176 valence electrons. The number of aryl methyl sites for hydroxylation is 2. The minimum absolute atomic E-state index is 0.0795. The Balaban J connectivity index is 0.000000277. The predicted octanol–water partition coefficient (Wildman–Crippen LogP) is 8.52. The van der Waals surface area contributed by atoms with Gasteiger partial charge in [-0.15, -0.1) is 0 Å². The van der Waals surface area contributed by atoms with Gasteiger partial charge in [-0.3, -0.25) is 0 Å². The number of hydrogen-bond acceptors (Lipinski definition) is 2. The average molecular weight is 435 g/mol. The van der Waals surface area contributed by atoms with E-state index in [1.54, 1.807) is 0 Å². The van der Waals surface area contributed by atoms with Gasteiger partial charge in [0.05, 0.1) is 0 Å². The van der Waals surface area contributed by atoms with Crippen LogP contribution in [0.3, 0.4) is 0 Å². The molecule has 0 aliphatic carbocycles. The fourth-order valence-corrected chi connectivity index (χ4v) is 4.33. The molecule has 0 amide bonds. The highest BCUT2D eigenvalue weighted by Gasteiger charge is 2.37. The first-order valence-electron chi connectivity index (χ1n) is 12.0. The average Bonchev–Trinajstić information content (AvgIpc) is 3.06. The van der Waals surface area contributed by atoms with E-state index in [1.807, 2.05) is 27.7 Å². The van der Waals surface area contributed by atoms with E-state index in [4.69, 9.17) is 0 Å². The van der Waals surface area contributed by atoms with Gasteiger partial charge in [-0.2, -0.15) is 0 Å². The van der Waals surface area contributed by atoms with Gasteiger partial charge in [0.15, 0.2) is 0 Å². The summed E-state index contributed by atoms with van der Waals surface area (Å²) in [6.45, 7) is 29.5. The van der Waals surface area contributed by atoms with Gasteiger partial charge in [0.25, 0.3) is 0 Å². The summed E-state index contributed by atoms with van der Waals surface area (Å²) in [5.74, 6) is 0. The van der Waals surface area contributed by atoms with Crippen molar-refractivity contribution in [3.63, 3.8) is 0 Å². The molecule has 2 aliphatic heterocycles. The number of hydrogen-bond donors (Lipinski definition) is 0. The van der Waals surface area contributed by atoms with Crippen LogP contribution in [0.15, 0.2) is 61.0 Å². The molecule has 2 aromatic rings. The first-order valence-corrected chi connectivity index (χ1v) is 12.0. The lowest BCUT2D eigenvalue weighted by molar-refractivity contribution is 0.642. The van der Waals surface area contributed by atoms with Crippen LogP contribution in [0.2, 0.25) is 0 Å². The van der Waals surface area contributed by atoms with Gasteiger partial charge in [0.1, 0.15) is 0 Å². The van der Waals surface area contributed by atoms with E-state index in [0.29, 0.717) is 0 Å². The maximum Gasteiger partial charge on any atom is 0.0447 e. The van der Waals surface area contributed by atoms with Crippen LogP contribution in [0, 0.1) is 13.8 Å². The Hall–Kier alpha value is -2.48. The number of rotatable bonds is 0. The lowest BCUT2D eigenvalue weighted by Crippen LogP contribution is -2.21. The molecule has 0 bridgehead atoms. The van der Waals surface area contributed by atoms with E-state index in [9.17, 15) is 0 Å². The molecule has 0 saturated heterocycles. The van der Waals surface area contributed by atoms with Gasteiger partial charge in [-0.1, -0.05) is 104 Å². The van der Waals surface area contributed by atoms with E-state index >= 15 is 0 Å². The molecule has 0 unspecified atom stereocenters. The van der Waals surface area contributed by atoms with Crippen LogP contribution in [-0.2, 0) is 10.8 Å². The number of fused-ring (bicyclic) bond motifs is 2. The van der Waals surface area contributed by atoms with Crippen molar-refractivity contribution >= 4 is 11.4 Å². The third-order valence-corrected chi connectivity index (χ3v) is 6.63. The largest absolute Gasteiger partial charge is 0.348 e. The second-order valence-electron chi connectivity index (χ2n) is 9.30. The van der Waals surface area contributed by atoms with Gasteiger partial charge in [0, 0.05) is 47.7 Å². The van der Waals surface area contributed by atoms with Gasteiger partial charge < -0.3 is 9.80 Å². The summed E-state index contributed by atoms with van der Waals surface area (Å²) in [7, 11) is 4.18. The van der Waals surface area contributed by atoms with E-state index in [2.05, 4.69) is 115 Å². The first-order chi connectivity index (χ1) is 14.9. The summed E-state index contributed by atoms with van der Waals surface area (Å²) >= 11 is 0. The van der Waals surface area contributed by atoms with E-state index in [-0.39, 0.29) is 10.8 Å². The molecule has 2 heterocycles. The maximum atomic E-state index is 4.16. The molecule has 0 radical (unpaired) electrons. The minimum atomic E-state index is 0.0795. The van der Waals surface area contributed by atoms with Crippen molar-refractivity contribution in [1.82, 2.24) is 0 Å². The summed E-state index contributed by atoms with van der Waals surface area (Å²) in [4.78, 5) is 4.38. The Morgan fingerprint density at radius 2 is 0.875 bits per heavy atom. The van der Waals surface area contributed by atoms with E-state index in [1.165, 1.54) is 45.0 Å². The highest BCUT2D eigenvalue weighted by Crippen LogP contribution is 2.47. The van der Waals surface area contributed by atoms with Crippen LogP contribution < -0.4 is 9.80 Å². The molecule has 0 spiro atoms. The quantitative estimate of drug-likeness (QED) is 0.410. The van der Waals surface area contributed by atoms with Crippen LogP contribution in [0.5, 0.6) is 0 Å². The van der Waals surface area contributed by atoms with Crippen LogP contribution in [0.4, 0.5) is 11.4 Å². The minimum Gasteiger partial charge on any atom is -0.348 e. The normalized spacial score (nSPS) is 16.6. The van der Waals surface area contributed by atoms with Crippen molar-refractivity contribution < 1.29 is 0 Å². The summed E-state index contributed by atoms with van der Waals surface area (Å²) in [5.41, 5.74) is 10.5. The Bertz CT molecular complexity index is 883. The third-order valence-electron chi connectivity index (χ3n) is 6.63. The van der Waals surface area contributed by atoms with Crippen LogP contribution in [0.1, 0.15) is 77.6 Å². The molecule has 2 heteroatoms. The number of anilines is 2. The Morgan fingerprint density at radius 1 is 0.594 bits per heavy atom. The van der Waals surface area contributed by atoms with Gasteiger partial charge in [0.2, 0.25) is 0 Å². The monoisotopic (exact) mass is 434 g/mol. The van der Waals surface area contributed by atoms with Gasteiger partial charge >= 0.3 is 0 Å². The van der Waals surface area contributed by atoms with Crippen molar-refractivity contribution in [2.75, 3.05) is 23.9 Å². The fraction of sp³-hybridized carbons (Fsp3) is 0.467. The molecule has 2 nitrogen and oxygen atoms in total. The number of nitrogens with zero attached hydrogens (tertiary/aromatic N) is 2. The highest BCUT2D eigenvalue weighted by molar-refractivity contribution is 5.70. The molecular weight excluding hydrogens is 388 g/mol. The second kappa shape index (κ2) is 10.4. The SMILES string of the molecule is C=C1N(C)c2ccc(C)cc2C1(C)C.C=C1N(C)c2ccc(C)cc2C1(C)C.CC.CC. The van der Waals surface area contributed by atoms with Crippen molar-refractivity contribution in [3.8, 4) is 0 Å². The summed E-state index contributed by atoms with van der Waals surface area (Å²) in [6.07, 6.45) is 0. The van der Waals surface area contributed by atoms with Crippen LogP contribution in [-0.4, -0.2) is 14.1 Å². The Kier molecular flexibility index (Phi) is 8.98. The van der Waals surface area contributed by atoms with Crippen molar-refractivity contribution in [2.24, 2.45) is 0 Å². The number of likely N-dealkylation sites (N-methyl/N-ethyl adjacent to an activating group) is 2. The first kappa shape index (κ1) is 27.6. The summed E-state index contributed by atoms with van der Waals surface area (Å²) < 4.78 is 0. The van der Waals surface area contributed by atoms with Gasteiger partial charge in [-0.05, 0) is 37.1 Å². The molecule has 4 rings (SSSR count). The lowest BCUT2D eigenvalue weighted by atomic mass is 9.84. The second-order valence-corrected chi connectivity index (χ2v) is 9.30. The summed E-state index contributed by atoms with van der Waals surface area (Å²) in [6, 6.07) is 13.2. The molecule has 2 aromatic carbocycles. The molecule has 32 heavy (non-hydrogen) atoms. The lowest BCUT2D eigenvalue weighted by Gasteiger charge is -2.22. The topological polar surface area (TPSA) is 6.48 Å². The zero-order valence-electron chi connectivity index (χ0n) is 22.8. The summed E-state index contributed by atoms with van der Waals surface area (Å²) in [5, 5.41) is 0.